The molecule has 0 amide bonds. The molecular formula is C18H15ClN8O2. The van der Waals surface area contributed by atoms with Crippen LogP contribution >= 0.6 is 11.6 Å². The lowest BCUT2D eigenvalue weighted by molar-refractivity contribution is 0.454. The van der Waals surface area contributed by atoms with Crippen LogP contribution in [0.25, 0.3) is 11.7 Å². The second-order valence-corrected chi connectivity index (χ2v) is 7.13. The van der Waals surface area contributed by atoms with Gasteiger partial charge in [0, 0.05) is 17.5 Å². The molecule has 146 valence electrons. The van der Waals surface area contributed by atoms with E-state index in [1.807, 2.05) is 0 Å². The minimum atomic E-state index is -0.501. The van der Waals surface area contributed by atoms with Crippen molar-refractivity contribution in [3.05, 3.63) is 62.6 Å². The van der Waals surface area contributed by atoms with E-state index in [1.165, 1.54) is 0 Å². The molecule has 4 N–H and O–H groups in total. The Hall–Kier alpha value is -3.66. The summed E-state index contributed by atoms with van der Waals surface area (Å²) in [5.41, 5.74) is 1.60. The van der Waals surface area contributed by atoms with Gasteiger partial charge in [-0.05, 0) is 25.0 Å². The van der Waals surface area contributed by atoms with Gasteiger partial charge >= 0.3 is 5.69 Å². The molecule has 0 spiro atoms. The molecule has 4 heterocycles. The molecule has 1 aliphatic carbocycles. The number of pyridine rings is 1. The van der Waals surface area contributed by atoms with Crippen molar-refractivity contribution in [2.24, 2.45) is 4.99 Å². The topological polar surface area (TPSA) is 136 Å². The lowest BCUT2D eigenvalue weighted by Crippen LogP contribution is -2.19. The Morgan fingerprint density at radius 3 is 2.86 bits per heavy atom. The maximum Gasteiger partial charge on any atom is 0.326 e. The number of hydrogen-bond acceptors (Lipinski definition) is 7. The lowest BCUT2D eigenvalue weighted by Gasteiger charge is -2.06. The number of rotatable bonds is 4. The third kappa shape index (κ3) is 3.57. The number of aromatic nitrogens is 6. The highest BCUT2D eigenvalue weighted by atomic mass is 35.5. The molecule has 0 saturated heterocycles. The van der Waals surface area contributed by atoms with Gasteiger partial charge in [-0.15, -0.1) is 0 Å². The molecule has 11 heteroatoms. The van der Waals surface area contributed by atoms with Crippen molar-refractivity contribution in [3.63, 3.8) is 0 Å². The van der Waals surface area contributed by atoms with Gasteiger partial charge in [0.1, 0.15) is 11.5 Å². The van der Waals surface area contributed by atoms with Gasteiger partial charge in [-0.1, -0.05) is 11.6 Å². The zero-order chi connectivity index (χ0) is 20.0. The molecule has 1 aliphatic rings. The van der Waals surface area contributed by atoms with Crippen molar-refractivity contribution in [1.82, 2.24) is 29.5 Å². The molecule has 4 aromatic rings. The lowest BCUT2D eigenvalue weighted by atomic mass is 10.3. The normalized spacial score (nSPS) is 15.3. The number of aromatic amines is 2. The Bertz CT molecular complexity index is 1400. The summed E-state index contributed by atoms with van der Waals surface area (Å²) >= 11 is 6.01. The summed E-state index contributed by atoms with van der Waals surface area (Å²) in [4.78, 5) is 29.6. The molecule has 0 unspecified atom stereocenters. The Labute approximate surface area is 167 Å². The van der Waals surface area contributed by atoms with Crippen molar-refractivity contribution >= 4 is 34.8 Å². The van der Waals surface area contributed by atoms with E-state index in [0.717, 1.165) is 12.8 Å². The van der Waals surface area contributed by atoms with E-state index in [2.05, 4.69) is 30.4 Å². The Morgan fingerprint density at radius 1 is 1.28 bits per heavy atom. The molecule has 1 fully saturated rings. The standard InChI is InChI=1S/C18H15ClN8O2/c19-10-4-12(8-20-7-10)22-14-5-15(23-11-1-2-11)27-16(25-14)9(6-21-27)3-13-17(28)26-18(29)24-13/h3-8,11,22,28H,1-2H2,(H2,24,26,29). The summed E-state index contributed by atoms with van der Waals surface area (Å²) in [5, 5.41) is 18.5. The average Bonchev–Trinajstić information content (AvgIpc) is 3.31. The van der Waals surface area contributed by atoms with Gasteiger partial charge in [0.15, 0.2) is 11.1 Å². The van der Waals surface area contributed by atoms with Crippen LogP contribution in [0, 0.1) is 0 Å². The molecule has 5 rings (SSSR count). The van der Waals surface area contributed by atoms with Crippen LogP contribution in [-0.2, 0) is 0 Å². The van der Waals surface area contributed by atoms with Gasteiger partial charge in [0.25, 0.3) is 0 Å². The van der Waals surface area contributed by atoms with Crippen molar-refractivity contribution < 1.29 is 5.11 Å². The maximum absolute atomic E-state index is 11.4. The van der Waals surface area contributed by atoms with Crippen LogP contribution < -0.4 is 21.7 Å². The first-order chi connectivity index (χ1) is 14.0. The fourth-order valence-corrected chi connectivity index (χ4v) is 3.06. The predicted molar refractivity (Wildman–Crippen MR) is 106 cm³/mol. The fraction of sp³-hybridized carbons (Fsp3) is 0.167. The zero-order valence-corrected chi connectivity index (χ0v) is 15.7. The SMILES string of the molecule is O=c1[nH]c(O)c(C=c2cnn3c(=NC4CC4)cc(Nc4cncc(Cl)c4)nc23)[nH]1. The monoisotopic (exact) mass is 410 g/mol. The minimum Gasteiger partial charge on any atom is -0.493 e. The van der Waals surface area contributed by atoms with Crippen LogP contribution in [0.4, 0.5) is 11.5 Å². The fourth-order valence-electron chi connectivity index (χ4n) is 2.89. The highest BCUT2D eigenvalue weighted by molar-refractivity contribution is 6.30. The van der Waals surface area contributed by atoms with Crippen LogP contribution in [0.1, 0.15) is 18.5 Å². The van der Waals surface area contributed by atoms with E-state index in [4.69, 9.17) is 16.6 Å². The van der Waals surface area contributed by atoms with Crippen LogP contribution in [0.15, 0.2) is 40.5 Å². The van der Waals surface area contributed by atoms with Crippen LogP contribution in [-0.4, -0.2) is 40.7 Å². The zero-order valence-electron chi connectivity index (χ0n) is 14.9. The molecule has 0 bridgehead atoms. The second-order valence-electron chi connectivity index (χ2n) is 6.70. The molecular weight excluding hydrogens is 396 g/mol. The number of aromatic hydroxyl groups is 1. The summed E-state index contributed by atoms with van der Waals surface area (Å²) in [7, 11) is 0. The van der Waals surface area contributed by atoms with E-state index >= 15 is 0 Å². The van der Waals surface area contributed by atoms with Crippen molar-refractivity contribution in [2.75, 3.05) is 5.32 Å². The van der Waals surface area contributed by atoms with Gasteiger partial charge in [-0.3, -0.25) is 15.0 Å². The van der Waals surface area contributed by atoms with E-state index in [9.17, 15) is 9.90 Å². The Kier molecular flexibility index (Phi) is 4.06. The molecule has 29 heavy (non-hydrogen) atoms. The molecule has 1 saturated carbocycles. The Balaban J connectivity index is 1.68. The molecule has 0 aromatic carbocycles. The van der Waals surface area contributed by atoms with Crippen molar-refractivity contribution in [3.8, 4) is 5.88 Å². The number of imidazole rings is 1. The van der Waals surface area contributed by atoms with Crippen molar-refractivity contribution in [1.29, 1.82) is 0 Å². The molecule has 0 aliphatic heterocycles. The number of anilines is 2. The highest BCUT2D eigenvalue weighted by Crippen LogP contribution is 2.23. The number of H-pyrrole nitrogens is 2. The smallest absolute Gasteiger partial charge is 0.326 e. The van der Waals surface area contributed by atoms with Gasteiger partial charge in [-0.25, -0.2) is 9.78 Å². The van der Waals surface area contributed by atoms with E-state index in [1.54, 1.807) is 41.3 Å². The summed E-state index contributed by atoms with van der Waals surface area (Å²) in [5.74, 6) is 0.291. The maximum atomic E-state index is 11.4. The van der Waals surface area contributed by atoms with Crippen LogP contribution in [0.2, 0.25) is 5.02 Å². The summed E-state index contributed by atoms with van der Waals surface area (Å²) in [6.07, 6.45) is 8.47. The third-order valence-electron chi connectivity index (χ3n) is 4.35. The number of fused-ring (bicyclic) bond motifs is 1. The van der Waals surface area contributed by atoms with E-state index in [-0.39, 0.29) is 17.6 Å². The summed E-state index contributed by atoms with van der Waals surface area (Å²) in [6, 6.07) is 3.82. The predicted octanol–water partition coefficient (Wildman–Crippen LogP) is 0.854. The summed E-state index contributed by atoms with van der Waals surface area (Å²) < 4.78 is 1.63. The first-order valence-electron chi connectivity index (χ1n) is 8.88. The number of halogens is 1. The molecule has 0 radical (unpaired) electrons. The van der Waals surface area contributed by atoms with Gasteiger partial charge in [-0.2, -0.15) is 9.61 Å². The van der Waals surface area contributed by atoms with E-state index in [0.29, 0.717) is 32.9 Å². The Morgan fingerprint density at radius 2 is 2.14 bits per heavy atom. The van der Waals surface area contributed by atoms with Gasteiger partial charge in [0.05, 0.1) is 29.1 Å². The van der Waals surface area contributed by atoms with Gasteiger partial charge in [0.2, 0.25) is 5.88 Å². The molecule has 10 nitrogen and oxygen atoms in total. The highest BCUT2D eigenvalue weighted by Gasteiger charge is 2.20. The molecule has 4 aromatic heterocycles. The quantitative estimate of drug-likeness (QED) is 0.394. The largest absolute Gasteiger partial charge is 0.493 e. The third-order valence-corrected chi connectivity index (χ3v) is 4.56. The van der Waals surface area contributed by atoms with Crippen molar-refractivity contribution in [2.45, 2.75) is 18.9 Å². The number of nitrogens with one attached hydrogen (secondary N) is 3. The van der Waals surface area contributed by atoms with Crippen LogP contribution in [0.5, 0.6) is 5.88 Å². The van der Waals surface area contributed by atoms with Crippen LogP contribution in [0.3, 0.4) is 0 Å². The second kappa shape index (κ2) is 6.74. The number of hydrogen-bond donors (Lipinski definition) is 4. The number of nitrogens with zero attached hydrogens (tertiary/aromatic N) is 5. The average molecular weight is 411 g/mol. The summed E-state index contributed by atoms with van der Waals surface area (Å²) in [6.45, 7) is 0. The van der Waals surface area contributed by atoms with Gasteiger partial charge < -0.3 is 15.4 Å². The minimum absolute atomic E-state index is 0.241. The first-order valence-corrected chi connectivity index (χ1v) is 9.26. The van der Waals surface area contributed by atoms with E-state index < -0.39 is 5.69 Å². The molecule has 0 atom stereocenters. The first kappa shape index (κ1) is 17.4.